The lowest BCUT2D eigenvalue weighted by molar-refractivity contribution is -0.174. The number of unbranched alkanes of at least 4 members (excludes halogenated alkanes) is 1. The number of carbonyl (C=O) groups excluding carboxylic acids is 3. The molecule has 3 amide bonds. The van der Waals surface area contributed by atoms with Crippen LogP contribution in [0.15, 0.2) is 42.5 Å². The maximum Gasteiger partial charge on any atom is 0.416 e. The van der Waals surface area contributed by atoms with E-state index in [1.807, 2.05) is 0 Å². The minimum atomic E-state index is -5.09. The Labute approximate surface area is 285 Å². The van der Waals surface area contributed by atoms with E-state index in [9.17, 15) is 45.1 Å². The Kier molecular flexibility index (Phi) is 11.6. The normalized spacial score (nSPS) is 22.2. The average Bonchev–Trinajstić information content (AvgIpc) is 3.07. The molecule has 2 aliphatic heterocycles. The molecular weight excluding hydrogens is 673 g/mol. The number of benzene rings is 2. The minimum Gasteiger partial charge on any atom is -0.444 e. The number of hydrogen-bond donors (Lipinski definition) is 1. The molecule has 2 heterocycles. The number of piperazine rings is 1. The van der Waals surface area contributed by atoms with Crippen LogP contribution >= 0.6 is 0 Å². The van der Waals surface area contributed by atoms with Crippen LogP contribution in [0.4, 0.5) is 35.5 Å². The second-order valence-corrected chi connectivity index (χ2v) is 13.4. The van der Waals surface area contributed by atoms with E-state index in [0.717, 1.165) is 32.1 Å². The van der Waals surface area contributed by atoms with Gasteiger partial charge in [0, 0.05) is 13.1 Å². The Hall–Kier alpha value is -3.88. The molecule has 50 heavy (non-hydrogen) atoms. The van der Waals surface area contributed by atoms with Gasteiger partial charge in [-0.3, -0.25) is 14.5 Å². The Balaban J connectivity index is 1.46. The molecule has 2 aromatic carbocycles. The quantitative estimate of drug-likeness (QED) is 0.217. The van der Waals surface area contributed by atoms with Crippen LogP contribution in [0.3, 0.4) is 0 Å². The summed E-state index contributed by atoms with van der Waals surface area (Å²) in [5.41, 5.74) is 2.69. The van der Waals surface area contributed by atoms with Gasteiger partial charge in [0.2, 0.25) is 11.8 Å². The van der Waals surface area contributed by atoms with Crippen molar-refractivity contribution >= 4 is 17.9 Å². The predicted molar refractivity (Wildman–Crippen MR) is 167 cm³/mol. The summed E-state index contributed by atoms with van der Waals surface area (Å²) in [5, 5.41) is 0. The summed E-state index contributed by atoms with van der Waals surface area (Å²) < 4.78 is 100. The van der Waals surface area contributed by atoms with Crippen LogP contribution in [0.2, 0.25) is 0 Å². The zero-order valence-electron chi connectivity index (χ0n) is 27.4. The van der Waals surface area contributed by atoms with Gasteiger partial charge in [0.25, 0.3) is 0 Å². The lowest BCUT2D eigenvalue weighted by Crippen LogP contribution is -2.73. The number of carbonyl (C=O) groups is 3. The van der Waals surface area contributed by atoms with E-state index >= 15 is 0 Å². The van der Waals surface area contributed by atoms with E-state index in [1.54, 1.807) is 4.90 Å². The van der Waals surface area contributed by atoms with Gasteiger partial charge in [-0.15, -0.1) is 0 Å². The van der Waals surface area contributed by atoms with Gasteiger partial charge in [-0.2, -0.15) is 26.3 Å². The first-order valence-corrected chi connectivity index (χ1v) is 16.9. The van der Waals surface area contributed by atoms with E-state index in [-0.39, 0.29) is 49.7 Å². The fourth-order valence-electron chi connectivity index (χ4n) is 7.28. The fraction of sp³-hybridized carbons (Fsp3) is 0.571. The highest BCUT2D eigenvalue weighted by Gasteiger charge is 2.52. The van der Waals surface area contributed by atoms with Crippen molar-refractivity contribution in [1.82, 2.24) is 14.7 Å². The standard InChI is InChI=1S/C35H41F7N4O4/c36-28-11-9-22(10-12-28)14-25-19-45(33(49)50-21-24-15-26(34(37,38)39)17-27(16-24)35(40,41)42)30-20-44(18-23-6-2-1-3-7-23)32(48)29(8-4-5-13-43)46(30)31(25)47/h9-12,15-17,23,25,29-30H,1-8,13-14,18-21,43H2/t25-,29+,30-/m1/s1. The summed E-state index contributed by atoms with van der Waals surface area (Å²) in [5.74, 6) is -1.80. The number of ether oxygens (including phenoxy) is 1. The van der Waals surface area contributed by atoms with Gasteiger partial charge in [0.15, 0.2) is 0 Å². The fourth-order valence-corrected chi connectivity index (χ4v) is 7.28. The molecule has 0 radical (unpaired) electrons. The lowest BCUT2D eigenvalue weighted by atomic mass is 9.87. The first kappa shape index (κ1) is 37.4. The number of nitrogens with two attached hydrogens (primary N) is 1. The van der Waals surface area contributed by atoms with Crippen molar-refractivity contribution in [2.75, 3.05) is 26.2 Å². The number of nitrogens with zero attached hydrogens (tertiary/aromatic N) is 3. The molecule has 5 rings (SSSR count). The number of alkyl halides is 6. The number of fused-ring (bicyclic) bond motifs is 1. The number of rotatable bonds is 10. The van der Waals surface area contributed by atoms with Gasteiger partial charge in [-0.05, 0) is 92.4 Å². The molecule has 3 aliphatic rings. The van der Waals surface area contributed by atoms with Gasteiger partial charge in [0.05, 0.1) is 23.6 Å². The molecule has 0 spiro atoms. The molecule has 1 saturated carbocycles. The van der Waals surface area contributed by atoms with Crippen molar-refractivity contribution in [1.29, 1.82) is 0 Å². The van der Waals surface area contributed by atoms with E-state index in [0.29, 0.717) is 43.6 Å². The number of amides is 3. The summed E-state index contributed by atoms with van der Waals surface area (Å²) in [4.78, 5) is 46.4. The Morgan fingerprint density at radius 2 is 1.48 bits per heavy atom. The monoisotopic (exact) mass is 714 g/mol. The Bertz CT molecular complexity index is 1480. The van der Waals surface area contributed by atoms with Crippen molar-refractivity contribution in [3.8, 4) is 0 Å². The third-order valence-corrected chi connectivity index (χ3v) is 9.79. The van der Waals surface area contributed by atoms with Crippen LogP contribution in [0.1, 0.15) is 73.6 Å². The lowest BCUT2D eigenvalue weighted by Gasteiger charge is -2.54. The topological polar surface area (TPSA) is 96.2 Å². The predicted octanol–water partition coefficient (Wildman–Crippen LogP) is 6.75. The van der Waals surface area contributed by atoms with Crippen molar-refractivity contribution in [2.45, 2.75) is 89.0 Å². The summed E-state index contributed by atoms with van der Waals surface area (Å²) in [6.07, 6.45) is -5.77. The van der Waals surface area contributed by atoms with Crippen molar-refractivity contribution in [2.24, 2.45) is 17.6 Å². The first-order valence-electron chi connectivity index (χ1n) is 16.9. The first-order chi connectivity index (χ1) is 23.7. The molecule has 15 heteroatoms. The maximum absolute atomic E-state index is 14.2. The molecule has 0 unspecified atom stereocenters. The van der Waals surface area contributed by atoms with Crippen LogP contribution in [0, 0.1) is 17.7 Å². The maximum atomic E-state index is 14.2. The molecule has 2 aromatic rings. The SMILES string of the molecule is NCCCC[C@H]1C(=O)N(CC2CCCCC2)C[C@@H]2N(C(=O)OCc3cc(C(F)(F)F)cc(C(F)(F)F)c3)C[C@@H](Cc3ccc(F)cc3)C(=O)N21. The van der Waals surface area contributed by atoms with Gasteiger partial charge in [0.1, 0.15) is 24.6 Å². The second-order valence-electron chi connectivity index (χ2n) is 13.4. The summed E-state index contributed by atoms with van der Waals surface area (Å²) in [6.45, 7) is -0.350. The van der Waals surface area contributed by atoms with Crippen LogP contribution in [-0.4, -0.2) is 71.0 Å². The van der Waals surface area contributed by atoms with E-state index in [2.05, 4.69) is 0 Å². The van der Waals surface area contributed by atoms with Crippen LogP contribution < -0.4 is 5.73 Å². The summed E-state index contributed by atoms with van der Waals surface area (Å²) >= 11 is 0. The molecule has 0 bridgehead atoms. The third-order valence-electron chi connectivity index (χ3n) is 9.79. The zero-order chi connectivity index (χ0) is 36.2. The van der Waals surface area contributed by atoms with Crippen LogP contribution in [0.5, 0.6) is 0 Å². The van der Waals surface area contributed by atoms with E-state index in [4.69, 9.17) is 10.5 Å². The smallest absolute Gasteiger partial charge is 0.416 e. The molecule has 3 fully saturated rings. The Morgan fingerprint density at radius 1 is 0.840 bits per heavy atom. The average molecular weight is 715 g/mol. The van der Waals surface area contributed by atoms with Crippen molar-refractivity contribution in [3.05, 3.63) is 70.5 Å². The van der Waals surface area contributed by atoms with E-state index in [1.165, 1.54) is 34.1 Å². The van der Waals surface area contributed by atoms with Gasteiger partial charge < -0.3 is 20.3 Å². The molecule has 3 atom stereocenters. The highest BCUT2D eigenvalue weighted by Crippen LogP contribution is 2.37. The second kappa shape index (κ2) is 15.6. The molecule has 1 aliphatic carbocycles. The van der Waals surface area contributed by atoms with Gasteiger partial charge >= 0.3 is 18.4 Å². The zero-order valence-corrected chi connectivity index (χ0v) is 27.4. The minimum absolute atomic E-state index is 0.00968. The van der Waals surface area contributed by atoms with Crippen LogP contribution in [0.25, 0.3) is 0 Å². The van der Waals surface area contributed by atoms with Crippen LogP contribution in [-0.2, 0) is 39.7 Å². The van der Waals surface area contributed by atoms with Crippen molar-refractivity contribution in [3.63, 3.8) is 0 Å². The molecular formula is C35H41F7N4O4. The van der Waals surface area contributed by atoms with Gasteiger partial charge in [-0.25, -0.2) is 9.18 Å². The number of hydrogen-bond acceptors (Lipinski definition) is 5. The number of halogens is 7. The largest absolute Gasteiger partial charge is 0.444 e. The highest BCUT2D eigenvalue weighted by molar-refractivity contribution is 5.91. The molecule has 0 aromatic heterocycles. The summed E-state index contributed by atoms with van der Waals surface area (Å²) in [6, 6.07) is 5.49. The summed E-state index contributed by atoms with van der Waals surface area (Å²) in [7, 11) is 0. The molecule has 274 valence electrons. The molecule has 8 nitrogen and oxygen atoms in total. The van der Waals surface area contributed by atoms with Gasteiger partial charge in [-0.1, -0.05) is 31.4 Å². The third kappa shape index (κ3) is 8.88. The van der Waals surface area contributed by atoms with Crippen molar-refractivity contribution < 1.29 is 49.9 Å². The Morgan fingerprint density at radius 3 is 2.08 bits per heavy atom. The molecule has 2 saturated heterocycles. The molecule has 2 N–H and O–H groups in total. The highest BCUT2D eigenvalue weighted by atomic mass is 19.4. The van der Waals surface area contributed by atoms with E-state index < -0.39 is 65.7 Å².